The minimum atomic E-state index is -3.70. The van der Waals surface area contributed by atoms with E-state index in [4.69, 9.17) is 4.74 Å². The summed E-state index contributed by atoms with van der Waals surface area (Å²) in [5.74, 6) is 0.561. The second-order valence-electron chi connectivity index (χ2n) is 4.68. The van der Waals surface area contributed by atoms with Crippen molar-refractivity contribution < 1.29 is 13.2 Å². The molecule has 3 rings (SSSR count). The van der Waals surface area contributed by atoms with Crippen LogP contribution in [-0.2, 0) is 10.0 Å². The molecule has 0 saturated carbocycles. The van der Waals surface area contributed by atoms with Gasteiger partial charge in [-0.3, -0.25) is 4.72 Å². The van der Waals surface area contributed by atoms with Crippen molar-refractivity contribution in [3.63, 3.8) is 0 Å². The number of rotatable bonds is 4. The fraction of sp³-hybridized carbons (Fsp3) is 0.0625. The fourth-order valence-corrected chi connectivity index (χ4v) is 3.15. The molecule has 1 aromatic heterocycles. The average molecular weight is 314 g/mol. The van der Waals surface area contributed by atoms with Crippen LogP contribution >= 0.6 is 0 Å². The van der Waals surface area contributed by atoms with Crippen LogP contribution in [0.5, 0.6) is 5.88 Å². The van der Waals surface area contributed by atoms with Crippen LogP contribution in [0.1, 0.15) is 0 Å². The second-order valence-corrected chi connectivity index (χ2v) is 6.36. The molecule has 0 unspecified atom stereocenters. The molecule has 112 valence electrons. The molecule has 0 saturated heterocycles. The third-order valence-electron chi connectivity index (χ3n) is 3.20. The van der Waals surface area contributed by atoms with E-state index in [1.165, 1.54) is 7.11 Å². The number of pyridine rings is 1. The van der Waals surface area contributed by atoms with Crippen LogP contribution in [0.4, 0.5) is 5.82 Å². The van der Waals surface area contributed by atoms with E-state index in [1.54, 1.807) is 36.4 Å². The summed E-state index contributed by atoms with van der Waals surface area (Å²) in [6.07, 6.45) is 0. The maximum atomic E-state index is 12.5. The molecule has 1 heterocycles. The molecule has 0 aliphatic rings. The lowest BCUT2D eigenvalue weighted by Crippen LogP contribution is -2.14. The number of nitrogens with one attached hydrogen (secondary N) is 1. The summed E-state index contributed by atoms with van der Waals surface area (Å²) in [6.45, 7) is 0. The van der Waals surface area contributed by atoms with Crippen LogP contribution in [0.2, 0.25) is 0 Å². The van der Waals surface area contributed by atoms with Crippen LogP contribution in [0.15, 0.2) is 65.6 Å². The standard InChI is InChI=1S/C16H14N2O3S/c1-21-16-8-4-7-15(17-16)18-22(19,20)14-10-9-12-5-2-3-6-13(12)11-14/h2-11H,1H3,(H,17,18). The van der Waals surface area contributed by atoms with Gasteiger partial charge in [0.05, 0.1) is 12.0 Å². The molecule has 0 atom stereocenters. The van der Waals surface area contributed by atoms with E-state index < -0.39 is 10.0 Å². The van der Waals surface area contributed by atoms with Crippen LogP contribution in [0, 0.1) is 0 Å². The molecule has 0 aliphatic heterocycles. The largest absolute Gasteiger partial charge is 0.481 e. The Bertz CT molecular complexity index is 923. The van der Waals surface area contributed by atoms with Crippen molar-refractivity contribution in [3.8, 4) is 5.88 Å². The molecule has 22 heavy (non-hydrogen) atoms. The van der Waals surface area contributed by atoms with Gasteiger partial charge < -0.3 is 4.74 Å². The highest BCUT2D eigenvalue weighted by molar-refractivity contribution is 7.92. The van der Waals surface area contributed by atoms with Gasteiger partial charge in [-0.25, -0.2) is 8.42 Å². The Morgan fingerprint density at radius 1 is 0.955 bits per heavy atom. The number of hydrogen-bond donors (Lipinski definition) is 1. The third kappa shape index (κ3) is 2.87. The summed E-state index contributed by atoms with van der Waals surface area (Å²) < 4.78 is 32.3. The van der Waals surface area contributed by atoms with Gasteiger partial charge in [-0.15, -0.1) is 0 Å². The molecule has 1 N–H and O–H groups in total. The molecule has 0 aliphatic carbocycles. The summed E-state index contributed by atoms with van der Waals surface area (Å²) in [4.78, 5) is 4.24. The van der Waals surface area contributed by atoms with E-state index in [0.29, 0.717) is 5.88 Å². The predicted molar refractivity (Wildman–Crippen MR) is 85.5 cm³/mol. The van der Waals surface area contributed by atoms with Gasteiger partial charge in [0.1, 0.15) is 5.82 Å². The van der Waals surface area contributed by atoms with E-state index in [0.717, 1.165) is 10.8 Å². The van der Waals surface area contributed by atoms with Gasteiger partial charge in [0.2, 0.25) is 5.88 Å². The second kappa shape index (κ2) is 5.65. The number of ether oxygens (including phenoxy) is 1. The maximum Gasteiger partial charge on any atom is 0.263 e. The van der Waals surface area contributed by atoms with Gasteiger partial charge in [0.25, 0.3) is 10.0 Å². The number of aromatic nitrogens is 1. The number of nitrogens with zero attached hydrogens (tertiary/aromatic N) is 1. The van der Waals surface area contributed by atoms with Gasteiger partial charge in [-0.05, 0) is 29.0 Å². The number of sulfonamides is 1. The topological polar surface area (TPSA) is 68.3 Å². The monoisotopic (exact) mass is 314 g/mol. The van der Waals surface area contributed by atoms with E-state index in [-0.39, 0.29) is 10.7 Å². The van der Waals surface area contributed by atoms with E-state index in [2.05, 4.69) is 9.71 Å². The SMILES string of the molecule is COc1cccc(NS(=O)(=O)c2ccc3ccccc3c2)n1. The predicted octanol–water partition coefficient (Wildman–Crippen LogP) is 3.04. The lowest BCUT2D eigenvalue weighted by atomic mass is 10.1. The molecule has 0 amide bonds. The number of methoxy groups -OCH3 is 1. The Balaban J connectivity index is 1.96. The summed E-state index contributed by atoms with van der Waals surface area (Å²) in [6, 6.07) is 17.5. The van der Waals surface area contributed by atoms with Crippen LogP contribution in [0.3, 0.4) is 0 Å². The molecule has 0 fully saturated rings. The summed E-state index contributed by atoms with van der Waals surface area (Å²) in [5.41, 5.74) is 0. The first-order chi connectivity index (χ1) is 10.6. The smallest absolute Gasteiger partial charge is 0.263 e. The molecular formula is C16H14N2O3S. The van der Waals surface area contributed by atoms with E-state index in [9.17, 15) is 8.42 Å². The van der Waals surface area contributed by atoms with Gasteiger partial charge in [0, 0.05) is 6.07 Å². The Labute approximate surface area is 128 Å². The summed E-state index contributed by atoms with van der Waals surface area (Å²) in [7, 11) is -2.22. The van der Waals surface area contributed by atoms with Crippen molar-refractivity contribution in [2.75, 3.05) is 11.8 Å². The first-order valence-corrected chi connectivity index (χ1v) is 8.09. The van der Waals surface area contributed by atoms with Gasteiger partial charge in [-0.1, -0.05) is 36.4 Å². The van der Waals surface area contributed by atoms with Crippen LogP contribution in [-0.4, -0.2) is 20.5 Å². The van der Waals surface area contributed by atoms with Crippen molar-refractivity contribution in [2.45, 2.75) is 4.90 Å². The fourth-order valence-electron chi connectivity index (χ4n) is 2.12. The highest BCUT2D eigenvalue weighted by Crippen LogP contribution is 2.21. The Kier molecular flexibility index (Phi) is 3.68. The van der Waals surface area contributed by atoms with Crippen molar-refractivity contribution in [2.24, 2.45) is 0 Å². The highest BCUT2D eigenvalue weighted by Gasteiger charge is 2.15. The zero-order valence-corrected chi connectivity index (χ0v) is 12.7. The van der Waals surface area contributed by atoms with Crippen molar-refractivity contribution >= 4 is 26.6 Å². The molecule has 0 bridgehead atoms. The average Bonchev–Trinajstić information content (AvgIpc) is 2.54. The molecule has 3 aromatic rings. The van der Waals surface area contributed by atoms with Crippen LogP contribution < -0.4 is 9.46 Å². The van der Waals surface area contributed by atoms with Gasteiger partial charge >= 0.3 is 0 Å². The lowest BCUT2D eigenvalue weighted by Gasteiger charge is -2.09. The first kappa shape index (κ1) is 14.3. The van der Waals surface area contributed by atoms with Gasteiger partial charge in [0.15, 0.2) is 0 Å². The third-order valence-corrected chi connectivity index (χ3v) is 4.56. The molecule has 0 radical (unpaired) electrons. The van der Waals surface area contributed by atoms with E-state index in [1.807, 2.05) is 24.3 Å². The Hall–Kier alpha value is -2.60. The van der Waals surface area contributed by atoms with Crippen LogP contribution in [0.25, 0.3) is 10.8 Å². The van der Waals surface area contributed by atoms with Gasteiger partial charge in [-0.2, -0.15) is 4.98 Å². The molecular weight excluding hydrogens is 300 g/mol. The van der Waals surface area contributed by atoms with E-state index >= 15 is 0 Å². The normalized spacial score (nSPS) is 11.3. The molecule has 5 nitrogen and oxygen atoms in total. The summed E-state index contributed by atoms with van der Waals surface area (Å²) >= 11 is 0. The van der Waals surface area contributed by atoms with Crippen molar-refractivity contribution in [1.82, 2.24) is 4.98 Å². The molecule has 0 spiro atoms. The first-order valence-electron chi connectivity index (χ1n) is 6.61. The number of benzene rings is 2. The lowest BCUT2D eigenvalue weighted by molar-refractivity contribution is 0.398. The van der Waals surface area contributed by atoms with Crippen molar-refractivity contribution in [3.05, 3.63) is 60.7 Å². The number of anilines is 1. The highest BCUT2D eigenvalue weighted by atomic mass is 32.2. The number of hydrogen-bond acceptors (Lipinski definition) is 4. The van der Waals surface area contributed by atoms with Crippen molar-refractivity contribution in [1.29, 1.82) is 0 Å². The maximum absolute atomic E-state index is 12.5. The zero-order valence-electron chi connectivity index (χ0n) is 11.9. The minimum Gasteiger partial charge on any atom is -0.481 e. The summed E-state index contributed by atoms with van der Waals surface area (Å²) in [5, 5.41) is 1.85. The zero-order chi connectivity index (χ0) is 15.6. The molecule has 6 heteroatoms. The Morgan fingerprint density at radius 3 is 2.50 bits per heavy atom. The minimum absolute atomic E-state index is 0.191. The quantitative estimate of drug-likeness (QED) is 0.803. The number of fused-ring (bicyclic) bond motifs is 1. The molecule has 2 aromatic carbocycles. The Morgan fingerprint density at radius 2 is 1.73 bits per heavy atom.